The molecule has 0 radical (unpaired) electrons. The first-order chi connectivity index (χ1) is 11.2. The minimum atomic E-state index is -0.0290. The summed E-state index contributed by atoms with van der Waals surface area (Å²) < 4.78 is 5.63. The van der Waals surface area contributed by atoms with Gasteiger partial charge in [-0.15, -0.1) is 11.3 Å². The normalized spacial score (nSPS) is 14.8. The molecular formula is C17H17N3O2S. The third kappa shape index (κ3) is 2.87. The first kappa shape index (κ1) is 14.4. The summed E-state index contributed by atoms with van der Waals surface area (Å²) in [5, 5.41) is 1.99. The van der Waals surface area contributed by atoms with Gasteiger partial charge in [0.2, 0.25) is 0 Å². The van der Waals surface area contributed by atoms with Crippen molar-refractivity contribution in [1.29, 1.82) is 0 Å². The van der Waals surface area contributed by atoms with E-state index >= 15 is 0 Å². The fourth-order valence-corrected chi connectivity index (χ4v) is 3.61. The quantitative estimate of drug-likeness (QED) is 0.803. The van der Waals surface area contributed by atoms with E-state index in [0.29, 0.717) is 12.4 Å². The van der Waals surface area contributed by atoms with Gasteiger partial charge >= 0.3 is 0 Å². The van der Waals surface area contributed by atoms with E-state index in [1.807, 2.05) is 36.6 Å². The number of hydrogen-bond donors (Lipinski definition) is 1. The van der Waals surface area contributed by atoms with Crippen LogP contribution in [0.4, 0.5) is 0 Å². The Morgan fingerprint density at radius 3 is 3.04 bits per heavy atom. The largest absolute Gasteiger partial charge is 0.465 e. The Hall–Kier alpha value is -2.18. The van der Waals surface area contributed by atoms with Gasteiger partial charge in [0, 0.05) is 19.5 Å². The minimum Gasteiger partial charge on any atom is -0.465 e. The molecule has 6 heteroatoms. The fraction of sp³-hybridized carbons (Fsp3) is 0.294. The number of furan rings is 1. The van der Waals surface area contributed by atoms with Crippen molar-refractivity contribution in [1.82, 2.24) is 14.9 Å². The summed E-state index contributed by atoms with van der Waals surface area (Å²) in [5.41, 5.74) is 1.67. The molecule has 0 unspecified atom stereocenters. The van der Waals surface area contributed by atoms with Crippen LogP contribution in [-0.4, -0.2) is 21.4 Å². The Bertz CT molecular complexity index is 880. The smallest absolute Gasteiger partial charge is 0.255 e. The van der Waals surface area contributed by atoms with Gasteiger partial charge in [0.15, 0.2) is 5.82 Å². The molecule has 0 spiro atoms. The molecule has 0 aromatic carbocycles. The Morgan fingerprint density at radius 2 is 2.30 bits per heavy atom. The molecule has 0 amide bonds. The first-order valence-electron chi connectivity index (χ1n) is 7.62. The second-order valence-corrected chi connectivity index (χ2v) is 6.74. The summed E-state index contributed by atoms with van der Waals surface area (Å²) >= 11 is 1.58. The lowest BCUT2D eigenvalue weighted by Gasteiger charge is -2.26. The van der Waals surface area contributed by atoms with Gasteiger partial charge in [-0.3, -0.25) is 9.69 Å². The second-order valence-electron chi connectivity index (χ2n) is 5.79. The van der Waals surface area contributed by atoms with E-state index in [2.05, 4.69) is 14.9 Å². The lowest BCUT2D eigenvalue weighted by Crippen LogP contribution is -2.35. The molecule has 118 valence electrons. The zero-order valence-corrected chi connectivity index (χ0v) is 13.7. The number of nitrogens with one attached hydrogen (secondary N) is 1. The Morgan fingerprint density at radius 1 is 1.39 bits per heavy atom. The predicted molar refractivity (Wildman–Crippen MR) is 89.4 cm³/mol. The molecule has 4 rings (SSSR count). The van der Waals surface area contributed by atoms with Crippen LogP contribution in [-0.2, 0) is 19.5 Å². The van der Waals surface area contributed by atoms with Gasteiger partial charge in [-0.05, 0) is 30.5 Å². The molecule has 0 fully saturated rings. The van der Waals surface area contributed by atoms with Gasteiger partial charge in [0.05, 0.1) is 22.7 Å². The summed E-state index contributed by atoms with van der Waals surface area (Å²) in [6.07, 6.45) is 0.789. The molecule has 1 N–H and O–H groups in total. The molecule has 5 nitrogen and oxygen atoms in total. The maximum absolute atomic E-state index is 12.4. The van der Waals surface area contributed by atoms with Crippen LogP contribution in [0.15, 0.2) is 38.9 Å². The van der Waals surface area contributed by atoms with Crippen molar-refractivity contribution in [2.24, 2.45) is 0 Å². The summed E-state index contributed by atoms with van der Waals surface area (Å²) in [6.45, 7) is 4.16. The number of aromatic amines is 1. The van der Waals surface area contributed by atoms with Crippen molar-refractivity contribution in [3.63, 3.8) is 0 Å². The fourth-order valence-electron chi connectivity index (χ4n) is 2.94. The molecule has 0 saturated carbocycles. The average Bonchev–Trinajstić information content (AvgIpc) is 3.20. The highest BCUT2D eigenvalue weighted by atomic mass is 32.1. The molecule has 0 bridgehead atoms. The van der Waals surface area contributed by atoms with Crippen LogP contribution < -0.4 is 5.56 Å². The van der Waals surface area contributed by atoms with E-state index in [-0.39, 0.29) is 5.56 Å². The van der Waals surface area contributed by atoms with Crippen molar-refractivity contribution in [2.45, 2.75) is 26.4 Å². The van der Waals surface area contributed by atoms with E-state index in [4.69, 9.17) is 4.42 Å². The number of aromatic nitrogens is 2. The van der Waals surface area contributed by atoms with Crippen LogP contribution in [0.3, 0.4) is 0 Å². The van der Waals surface area contributed by atoms with Crippen molar-refractivity contribution < 1.29 is 4.42 Å². The number of aryl methyl sites for hydroxylation is 1. The van der Waals surface area contributed by atoms with E-state index in [9.17, 15) is 4.79 Å². The number of H-pyrrole nitrogens is 1. The zero-order chi connectivity index (χ0) is 15.8. The Kier molecular flexibility index (Phi) is 3.63. The van der Waals surface area contributed by atoms with Crippen LogP contribution in [0.5, 0.6) is 0 Å². The topological polar surface area (TPSA) is 62.1 Å². The highest BCUT2D eigenvalue weighted by Gasteiger charge is 2.22. The number of nitrogens with zero attached hydrogens (tertiary/aromatic N) is 2. The van der Waals surface area contributed by atoms with E-state index in [1.54, 1.807) is 11.3 Å². The standard InChI is InChI=1S/C17H17N3O2S/c1-11-4-5-12(22-11)9-20-7-6-14-13(10-20)17(21)19-16(18-14)15-3-2-8-23-15/h2-5,8H,6-7,9-10H2,1H3,(H,18,19,21). The SMILES string of the molecule is Cc1ccc(CN2CCc3nc(-c4cccs4)[nH]c(=O)c3C2)o1. The lowest BCUT2D eigenvalue weighted by molar-refractivity contribution is 0.221. The van der Waals surface area contributed by atoms with Crippen molar-refractivity contribution in [3.8, 4) is 10.7 Å². The lowest BCUT2D eigenvalue weighted by atomic mass is 10.1. The molecule has 0 aliphatic carbocycles. The van der Waals surface area contributed by atoms with Crippen LogP contribution in [0, 0.1) is 6.92 Å². The van der Waals surface area contributed by atoms with Crippen LogP contribution in [0.25, 0.3) is 10.7 Å². The zero-order valence-electron chi connectivity index (χ0n) is 12.8. The Labute approximate surface area is 137 Å². The molecule has 1 aliphatic heterocycles. The molecule has 1 aliphatic rings. The molecule has 3 aromatic heterocycles. The summed E-state index contributed by atoms with van der Waals surface area (Å²) in [5.74, 6) is 2.53. The van der Waals surface area contributed by atoms with Gasteiger partial charge in [0.25, 0.3) is 5.56 Å². The van der Waals surface area contributed by atoms with Crippen molar-refractivity contribution in [3.05, 3.63) is 62.8 Å². The van der Waals surface area contributed by atoms with E-state index in [1.165, 1.54) is 0 Å². The van der Waals surface area contributed by atoms with Gasteiger partial charge in [-0.2, -0.15) is 0 Å². The monoisotopic (exact) mass is 327 g/mol. The Balaban J connectivity index is 1.59. The molecule has 0 atom stereocenters. The maximum Gasteiger partial charge on any atom is 0.255 e. The van der Waals surface area contributed by atoms with Crippen LogP contribution in [0.1, 0.15) is 22.8 Å². The summed E-state index contributed by atoms with van der Waals surface area (Å²) in [6, 6.07) is 7.90. The molecule has 4 heterocycles. The summed E-state index contributed by atoms with van der Waals surface area (Å²) in [4.78, 5) is 23.3. The van der Waals surface area contributed by atoms with Crippen LogP contribution >= 0.6 is 11.3 Å². The van der Waals surface area contributed by atoms with E-state index in [0.717, 1.165) is 47.2 Å². The third-order valence-corrected chi connectivity index (χ3v) is 4.95. The maximum atomic E-state index is 12.4. The average molecular weight is 327 g/mol. The number of thiophene rings is 1. The predicted octanol–water partition coefficient (Wildman–Crippen LogP) is 2.96. The second kappa shape index (κ2) is 5.79. The number of rotatable bonds is 3. The molecule has 3 aromatic rings. The number of fused-ring (bicyclic) bond motifs is 1. The van der Waals surface area contributed by atoms with Gasteiger partial charge in [-0.25, -0.2) is 4.98 Å². The minimum absolute atomic E-state index is 0.0290. The first-order valence-corrected chi connectivity index (χ1v) is 8.50. The van der Waals surface area contributed by atoms with E-state index < -0.39 is 0 Å². The molecule has 0 saturated heterocycles. The van der Waals surface area contributed by atoms with Gasteiger partial charge in [0.1, 0.15) is 11.5 Å². The van der Waals surface area contributed by atoms with Gasteiger partial charge < -0.3 is 9.40 Å². The third-order valence-electron chi connectivity index (χ3n) is 4.08. The number of hydrogen-bond acceptors (Lipinski definition) is 5. The molecule has 23 heavy (non-hydrogen) atoms. The molecular weight excluding hydrogens is 310 g/mol. The highest BCUT2D eigenvalue weighted by Crippen LogP contribution is 2.23. The summed E-state index contributed by atoms with van der Waals surface area (Å²) in [7, 11) is 0. The van der Waals surface area contributed by atoms with Crippen molar-refractivity contribution >= 4 is 11.3 Å². The van der Waals surface area contributed by atoms with Crippen LogP contribution in [0.2, 0.25) is 0 Å². The highest BCUT2D eigenvalue weighted by molar-refractivity contribution is 7.13. The van der Waals surface area contributed by atoms with Crippen molar-refractivity contribution in [2.75, 3.05) is 6.54 Å². The van der Waals surface area contributed by atoms with Gasteiger partial charge in [-0.1, -0.05) is 6.07 Å².